The van der Waals surface area contributed by atoms with Gasteiger partial charge in [0.25, 0.3) is 0 Å². The Bertz CT molecular complexity index is 603. The highest BCUT2D eigenvalue weighted by Crippen LogP contribution is 2.32. The van der Waals surface area contributed by atoms with Crippen LogP contribution < -0.4 is 5.32 Å². The maximum absolute atomic E-state index is 12.1. The molecule has 0 bridgehead atoms. The van der Waals surface area contributed by atoms with Gasteiger partial charge in [-0.2, -0.15) is 5.26 Å². The van der Waals surface area contributed by atoms with Crippen molar-refractivity contribution in [3.05, 3.63) is 29.8 Å². The van der Waals surface area contributed by atoms with Gasteiger partial charge in [-0.3, -0.25) is 0 Å². The van der Waals surface area contributed by atoms with Crippen molar-refractivity contribution < 1.29 is 13.5 Å². The van der Waals surface area contributed by atoms with Gasteiger partial charge in [0.2, 0.25) is 0 Å². The van der Waals surface area contributed by atoms with E-state index in [1.54, 1.807) is 12.1 Å². The number of nitrogens with one attached hydrogen (secondary N) is 1. The molecule has 1 saturated carbocycles. The van der Waals surface area contributed by atoms with E-state index < -0.39 is 9.84 Å². The minimum atomic E-state index is -3.39. The molecule has 0 radical (unpaired) electrons. The van der Waals surface area contributed by atoms with Crippen LogP contribution >= 0.6 is 0 Å². The molecular formula is C14H18N2O3S. The molecule has 1 aromatic carbocycles. The van der Waals surface area contributed by atoms with Crippen LogP contribution in [0.4, 0.5) is 0 Å². The van der Waals surface area contributed by atoms with Gasteiger partial charge in [-0.1, -0.05) is 6.07 Å². The lowest BCUT2D eigenvalue weighted by molar-refractivity contribution is 0.149. The van der Waals surface area contributed by atoms with Crippen molar-refractivity contribution in [2.24, 2.45) is 5.92 Å². The Morgan fingerprint density at radius 1 is 1.45 bits per heavy atom. The lowest BCUT2D eigenvalue weighted by Gasteiger charge is -2.10. The van der Waals surface area contributed by atoms with Gasteiger partial charge < -0.3 is 10.4 Å². The van der Waals surface area contributed by atoms with Gasteiger partial charge in [0.1, 0.15) is 0 Å². The van der Waals surface area contributed by atoms with E-state index in [1.165, 1.54) is 12.1 Å². The van der Waals surface area contributed by atoms with Crippen LogP contribution in [-0.2, 0) is 9.84 Å². The maximum atomic E-state index is 12.1. The molecule has 0 saturated heterocycles. The first-order valence-electron chi connectivity index (χ1n) is 6.64. The van der Waals surface area contributed by atoms with Crippen molar-refractivity contribution in [1.29, 1.82) is 5.26 Å². The number of hydrogen-bond acceptors (Lipinski definition) is 5. The van der Waals surface area contributed by atoms with E-state index in [1.807, 2.05) is 6.07 Å². The van der Waals surface area contributed by atoms with Crippen LogP contribution in [0.3, 0.4) is 0 Å². The predicted molar refractivity (Wildman–Crippen MR) is 74.8 cm³/mol. The van der Waals surface area contributed by atoms with Gasteiger partial charge in [0, 0.05) is 13.1 Å². The highest BCUT2D eigenvalue weighted by molar-refractivity contribution is 7.91. The summed E-state index contributed by atoms with van der Waals surface area (Å²) in [5.41, 5.74) is 0.336. The van der Waals surface area contributed by atoms with E-state index >= 15 is 0 Å². The Morgan fingerprint density at radius 3 is 2.85 bits per heavy atom. The monoisotopic (exact) mass is 294 g/mol. The van der Waals surface area contributed by atoms with Crippen LogP contribution in [-0.4, -0.2) is 38.5 Å². The Labute approximate surface area is 119 Å². The molecule has 1 fully saturated rings. The molecule has 0 aliphatic heterocycles. The van der Waals surface area contributed by atoms with Crippen molar-refractivity contribution in [2.75, 3.05) is 18.8 Å². The predicted octanol–water partition coefficient (Wildman–Crippen LogP) is 0.692. The zero-order valence-corrected chi connectivity index (χ0v) is 11.9. The lowest BCUT2D eigenvalue weighted by atomic mass is 10.2. The summed E-state index contributed by atoms with van der Waals surface area (Å²) in [7, 11) is -3.39. The van der Waals surface area contributed by atoms with Gasteiger partial charge in [-0.15, -0.1) is 0 Å². The van der Waals surface area contributed by atoms with E-state index in [2.05, 4.69) is 5.32 Å². The van der Waals surface area contributed by atoms with Crippen molar-refractivity contribution >= 4 is 9.84 Å². The van der Waals surface area contributed by atoms with Crippen molar-refractivity contribution in [3.8, 4) is 6.07 Å². The summed E-state index contributed by atoms with van der Waals surface area (Å²) in [4.78, 5) is 0.168. The molecule has 1 atom stereocenters. The Kier molecular flexibility index (Phi) is 4.76. The first-order chi connectivity index (χ1) is 9.53. The molecule has 6 heteroatoms. The molecule has 1 unspecified atom stereocenters. The van der Waals surface area contributed by atoms with E-state index in [9.17, 15) is 13.5 Å². The van der Waals surface area contributed by atoms with Crippen LogP contribution in [0.1, 0.15) is 18.4 Å². The fraction of sp³-hybridized carbons (Fsp3) is 0.500. The summed E-state index contributed by atoms with van der Waals surface area (Å²) in [6.07, 6.45) is 1.74. The van der Waals surface area contributed by atoms with Crippen molar-refractivity contribution in [3.63, 3.8) is 0 Å². The number of nitrogens with zero attached hydrogens (tertiary/aromatic N) is 1. The van der Waals surface area contributed by atoms with Crippen molar-refractivity contribution in [1.82, 2.24) is 5.32 Å². The standard InChI is InChI=1S/C14H18N2O3S/c15-9-11-2-1-3-13(8-11)20(18,19)7-6-16-10-14(17)12-4-5-12/h1-3,8,12,14,16-17H,4-7,10H2. The average Bonchev–Trinajstić information content (AvgIpc) is 3.28. The molecule has 1 aliphatic carbocycles. The molecular weight excluding hydrogens is 276 g/mol. The minimum absolute atomic E-state index is 0.0424. The highest BCUT2D eigenvalue weighted by Gasteiger charge is 2.29. The normalized spacial score (nSPS) is 16.6. The second kappa shape index (κ2) is 6.35. The van der Waals surface area contributed by atoms with E-state index in [-0.39, 0.29) is 16.8 Å². The Hall–Kier alpha value is -1.42. The summed E-state index contributed by atoms with van der Waals surface area (Å²) in [5.74, 6) is 0.339. The molecule has 5 nitrogen and oxygen atoms in total. The largest absolute Gasteiger partial charge is 0.392 e. The topological polar surface area (TPSA) is 90.2 Å². The molecule has 0 aromatic heterocycles. The van der Waals surface area contributed by atoms with Gasteiger partial charge in [0.05, 0.1) is 28.4 Å². The Morgan fingerprint density at radius 2 is 2.20 bits per heavy atom. The number of nitriles is 1. The summed E-state index contributed by atoms with van der Waals surface area (Å²) in [6, 6.07) is 7.94. The number of rotatable bonds is 7. The number of hydrogen-bond donors (Lipinski definition) is 2. The van der Waals surface area contributed by atoms with E-state index in [0.717, 1.165) is 12.8 Å². The fourth-order valence-corrected chi connectivity index (χ4v) is 3.22. The quantitative estimate of drug-likeness (QED) is 0.722. The molecule has 0 heterocycles. The summed E-state index contributed by atoms with van der Waals surface area (Å²) in [5, 5.41) is 21.4. The van der Waals surface area contributed by atoms with Crippen molar-refractivity contribution in [2.45, 2.75) is 23.8 Å². The van der Waals surface area contributed by atoms with Crippen LogP contribution in [0.25, 0.3) is 0 Å². The molecule has 2 N–H and O–H groups in total. The summed E-state index contributed by atoms with van der Waals surface area (Å²) < 4.78 is 24.2. The molecule has 20 heavy (non-hydrogen) atoms. The molecule has 1 aromatic rings. The van der Waals surface area contributed by atoms with E-state index in [4.69, 9.17) is 5.26 Å². The maximum Gasteiger partial charge on any atom is 0.179 e. The van der Waals surface area contributed by atoms with Gasteiger partial charge in [0.15, 0.2) is 9.84 Å². The Balaban J connectivity index is 1.85. The smallest absolute Gasteiger partial charge is 0.179 e. The van der Waals surface area contributed by atoms with E-state index in [0.29, 0.717) is 24.6 Å². The first kappa shape index (κ1) is 15.0. The molecule has 0 spiro atoms. The molecule has 1 aliphatic rings. The highest BCUT2D eigenvalue weighted by atomic mass is 32.2. The van der Waals surface area contributed by atoms with Gasteiger partial charge in [-0.25, -0.2) is 8.42 Å². The first-order valence-corrected chi connectivity index (χ1v) is 8.30. The lowest BCUT2D eigenvalue weighted by Crippen LogP contribution is -2.31. The molecule has 2 rings (SSSR count). The third-order valence-electron chi connectivity index (χ3n) is 3.39. The third kappa shape index (κ3) is 4.04. The van der Waals surface area contributed by atoms with Gasteiger partial charge >= 0.3 is 0 Å². The number of aliphatic hydroxyl groups is 1. The summed E-state index contributed by atoms with van der Waals surface area (Å²) in [6.45, 7) is 0.724. The van der Waals surface area contributed by atoms with Crippen LogP contribution in [0, 0.1) is 17.2 Å². The molecule has 108 valence electrons. The second-order valence-corrected chi connectivity index (χ2v) is 7.18. The summed E-state index contributed by atoms with van der Waals surface area (Å²) >= 11 is 0. The fourth-order valence-electron chi connectivity index (χ4n) is 1.98. The second-order valence-electron chi connectivity index (χ2n) is 5.07. The average molecular weight is 294 g/mol. The zero-order chi connectivity index (χ0) is 14.6. The minimum Gasteiger partial charge on any atom is -0.392 e. The van der Waals surface area contributed by atoms with Crippen LogP contribution in [0.15, 0.2) is 29.2 Å². The van der Waals surface area contributed by atoms with Crippen LogP contribution in [0.5, 0.6) is 0 Å². The SMILES string of the molecule is N#Cc1cccc(S(=O)(=O)CCNCC(O)C2CC2)c1. The number of aliphatic hydroxyl groups excluding tert-OH is 1. The number of sulfone groups is 1. The zero-order valence-electron chi connectivity index (χ0n) is 11.1. The van der Waals surface area contributed by atoms with Gasteiger partial charge in [-0.05, 0) is 37.0 Å². The number of benzene rings is 1. The molecule has 0 amide bonds. The third-order valence-corrected chi connectivity index (χ3v) is 5.10. The van der Waals surface area contributed by atoms with Crippen LogP contribution in [0.2, 0.25) is 0 Å².